The molecule has 3 aromatic rings. The van der Waals surface area contributed by atoms with Crippen LogP contribution in [0.3, 0.4) is 0 Å². The van der Waals surface area contributed by atoms with Gasteiger partial charge in [0.05, 0.1) is 12.2 Å². The van der Waals surface area contributed by atoms with Crippen LogP contribution in [-0.4, -0.2) is 44.8 Å². The molecule has 26 heavy (non-hydrogen) atoms. The number of carbonyl (C=O) groups is 1. The molecule has 1 unspecified atom stereocenters. The van der Waals surface area contributed by atoms with Crippen LogP contribution in [0.2, 0.25) is 0 Å². The molecule has 0 aliphatic carbocycles. The summed E-state index contributed by atoms with van der Waals surface area (Å²) in [7, 11) is 0. The predicted octanol–water partition coefficient (Wildman–Crippen LogP) is 2.81. The highest BCUT2D eigenvalue weighted by molar-refractivity contribution is 5.83. The topological polar surface area (TPSA) is 60.2 Å². The van der Waals surface area contributed by atoms with Gasteiger partial charge in [0, 0.05) is 24.3 Å². The number of hydrogen-bond donors (Lipinski definition) is 0. The summed E-state index contributed by atoms with van der Waals surface area (Å²) >= 11 is 0. The minimum absolute atomic E-state index is 0.0360. The maximum Gasteiger partial charge on any atom is 0.242 e. The van der Waals surface area contributed by atoms with Crippen molar-refractivity contribution in [2.75, 3.05) is 13.1 Å². The number of amides is 1. The summed E-state index contributed by atoms with van der Waals surface area (Å²) in [6, 6.07) is 13.9. The molecule has 4 rings (SSSR count). The van der Waals surface area contributed by atoms with Gasteiger partial charge in [0.25, 0.3) is 0 Å². The van der Waals surface area contributed by atoms with E-state index < -0.39 is 0 Å². The Morgan fingerprint density at radius 1 is 1.19 bits per heavy atom. The van der Waals surface area contributed by atoms with Crippen molar-refractivity contribution >= 4 is 16.8 Å². The zero-order valence-corrected chi connectivity index (χ0v) is 14.8. The zero-order valence-electron chi connectivity index (χ0n) is 14.8. The van der Waals surface area contributed by atoms with Gasteiger partial charge in [-0.1, -0.05) is 18.2 Å². The minimum Gasteiger partial charge on any atom is -0.471 e. The minimum atomic E-state index is -0.0360. The molecular weight excluding hydrogens is 328 g/mol. The van der Waals surface area contributed by atoms with Gasteiger partial charge in [0.1, 0.15) is 12.6 Å². The maximum absolute atomic E-state index is 12.8. The summed E-state index contributed by atoms with van der Waals surface area (Å²) in [5, 5.41) is 9.23. The highest BCUT2D eigenvalue weighted by Crippen LogP contribution is 2.19. The molecule has 2 aromatic heterocycles. The molecule has 6 heteroatoms. The van der Waals surface area contributed by atoms with Gasteiger partial charge in [-0.3, -0.25) is 4.79 Å². The second-order valence-electron chi connectivity index (χ2n) is 6.74. The Hall–Kier alpha value is -2.89. The van der Waals surface area contributed by atoms with Crippen molar-refractivity contribution in [2.45, 2.75) is 32.4 Å². The van der Waals surface area contributed by atoms with Crippen LogP contribution in [0.25, 0.3) is 10.9 Å². The fourth-order valence-corrected chi connectivity index (χ4v) is 3.41. The molecule has 1 saturated heterocycles. The Kier molecular flexibility index (Phi) is 4.56. The lowest BCUT2D eigenvalue weighted by Crippen LogP contribution is -2.45. The molecule has 0 saturated carbocycles. The third-order valence-electron chi connectivity index (χ3n) is 4.78. The van der Waals surface area contributed by atoms with Crippen molar-refractivity contribution in [3.8, 4) is 5.88 Å². The number of piperidine rings is 1. The molecule has 0 bridgehead atoms. The third-order valence-corrected chi connectivity index (χ3v) is 4.78. The van der Waals surface area contributed by atoms with Crippen molar-refractivity contribution in [1.82, 2.24) is 19.7 Å². The number of carbonyl (C=O) groups excluding carboxylic acids is 1. The fraction of sp³-hybridized carbons (Fsp3) is 0.350. The number of para-hydroxylation sites is 1. The Labute approximate surface area is 152 Å². The largest absolute Gasteiger partial charge is 0.471 e. The number of aromatic nitrogens is 3. The maximum atomic E-state index is 12.8. The fourth-order valence-electron chi connectivity index (χ4n) is 3.41. The van der Waals surface area contributed by atoms with Gasteiger partial charge in [0.2, 0.25) is 11.8 Å². The van der Waals surface area contributed by atoms with Crippen LogP contribution in [0.5, 0.6) is 5.88 Å². The van der Waals surface area contributed by atoms with Crippen molar-refractivity contribution in [3.05, 3.63) is 54.4 Å². The molecule has 0 N–H and O–H groups in total. The van der Waals surface area contributed by atoms with Crippen LogP contribution in [0, 0.1) is 6.92 Å². The molecular formula is C20H22N4O2. The Balaban J connectivity index is 1.40. The number of hydrogen-bond acceptors (Lipinski definition) is 4. The second kappa shape index (κ2) is 7.15. The number of rotatable bonds is 4. The van der Waals surface area contributed by atoms with E-state index in [0.717, 1.165) is 36.0 Å². The average molecular weight is 350 g/mol. The van der Waals surface area contributed by atoms with E-state index in [1.165, 1.54) is 0 Å². The number of ether oxygens (including phenoxy) is 1. The second-order valence-corrected chi connectivity index (χ2v) is 6.74. The van der Waals surface area contributed by atoms with Gasteiger partial charge in [-0.2, -0.15) is 5.10 Å². The summed E-state index contributed by atoms with van der Waals surface area (Å²) in [5.41, 5.74) is 1.94. The molecule has 134 valence electrons. The first-order valence-corrected chi connectivity index (χ1v) is 8.98. The van der Waals surface area contributed by atoms with Gasteiger partial charge >= 0.3 is 0 Å². The normalized spacial score (nSPS) is 17.4. The summed E-state index contributed by atoms with van der Waals surface area (Å²) < 4.78 is 7.93. The first kappa shape index (κ1) is 16.6. The summed E-state index contributed by atoms with van der Waals surface area (Å²) in [5.74, 6) is 0.640. The van der Waals surface area contributed by atoms with E-state index in [9.17, 15) is 4.79 Å². The number of aryl methyl sites for hydroxylation is 1. The number of nitrogens with zero attached hydrogens (tertiary/aromatic N) is 4. The highest BCUT2D eigenvalue weighted by Gasteiger charge is 2.25. The molecule has 0 radical (unpaired) electrons. The van der Waals surface area contributed by atoms with E-state index >= 15 is 0 Å². The van der Waals surface area contributed by atoms with Crippen LogP contribution in [0.4, 0.5) is 0 Å². The lowest BCUT2D eigenvalue weighted by Gasteiger charge is -2.32. The van der Waals surface area contributed by atoms with Crippen molar-refractivity contribution < 1.29 is 9.53 Å². The van der Waals surface area contributed by atoms with Gasteiger partial charge in [-0.05, 0) is 43.4 Å². The zero-order chi connectivity index (χ0) is 17.9. The lowest BCUT2D eigenvalue weighted by molar-refractivity contribution is -0.134. The van der Waals surface area contributed by atoms with E-state index in [0.29, 0.717) is 19.0 Å². The lowest BCUT2D eigenvalue weighted by atomic mass is 10.1. The molecule has 6 nitrogen and oxygen atoms in total. The molecule has 1 aromatic carbocycles. The van der Waals surface area contributed by atoms with E-state index in [1.807, 2.05) is 59.0 Å². The van der Waals surface area contributed by atoms with Gasteiger partial charge in [-0.15, -0.1) is 5.10 Å². The Bertz CT molecular complexity index is 904. The summed E-state index contributed by atoms with van der Waals surface area (Å²) in [6.45, 7) is 3.61. The molecule has 1 aliphatic heterocycles. The first-order valence-electron chi connectivity index (χ1n) is 8.98. The predicted molar refractivity (Wildman–Crippen MR) is 98.9 cm³/mol. The van der Waals surface area contributed by atoms with E-state index in [2.05, 4.69) is 16.3 Å². The standard InChI is InChI=1S/C20H22N4O2/c1-15-8-9-19(22-21-15)26-17-6-4-11-24(13-17)20(25)14-23-12-10-16-5-2-3-7-18(16)23/h2-3,5,7-10,12,17H,4,6,11,13-14H2,1H3. The Morgan fingerprint density at radius 2 is 2.08 bits per heavy atom. The van der Waals surface area contributed by atoms with Crippen LogP contribution in [0.1, 0.15) is 18.5 Å². The van der Waals surface area contributed by atoms with E-state index in [-0.39, 0.29) is 12.0 Å². The van der Waals surface area contributed by atoms with Crippen molar-refractivity contribution in [3.63, 3.8) is 0 Å². The quantitative estimate of drug-likeness (QED) is 0.726. The number of likely N-dealkylation sites (tertiary alicyclic amines) is 1. The monoisotopic (exact) mass is 350 g/mol. The smallest absolute Gasteiger partial charge is 0.242 e. The average Bonchev–Trinajstić information content (AvgIpc) is 3.07. The molecule has 0 spiro atoms. The highest BCUT2D eigenvalue weighted by atomic mass is 16.5. The van der Waals surface area contributed by atoms with Crippen LogP contribution in [0.15, 0.2) is 48.7 Å². The number of fused-ring (bicyclic) bond motifs is 1. The van der Waals surface area contributed by atoms with E-state index in [4.69, 9.17) is 4.74 Å². The first-order chi connectivity index (χ1) is 12.7. The number of benzene rings is 1. The molecule has 1 amide bonds. The van der Waals surface area contributed by atoms with Crippen LogP contribution in [-0.2, 0) is 11.3 Å². The van der Waals surface area contributed by atoms with Gasteiger partial charge < -0.3 is 14.2 Å². The molecule has 1 aliphatic rings. The van der Waals surface area contributed by atoms with Gasteiger partial charge in [0.15, 0.2) is 0 Å². The Morgan fingerprint density at radius 3 is 2.92 bits per heavy atom. The van der Waals surface area contributed by atoms with Crippen LogP contribution >= 0.6 is 0 Å². The third kappa shape index (κ3) is 3.54. The summed E-state index contributed by atoms with van der Waals surface area (Å²) in [4.78, 5) is 14.7. The molecule has 1 atom stereocenters. The van der Waals surface area contributed by atoms with Gasteiger partial charge in [-0.25, -0.2) is 0 Å². The summed E-state index contributed by atoms with van der Waals surface area (Å²) in [6.07, 6.45) is 3.79. The van der Waals surface area contributed by atoms with E-state index in [1.54, 1.807) is 0 Å². The van der Waals surface area contributed by atoms with Crippen molar-refractivity contribution in [2.24, 2.45) is 0 Å². The van der Waals surface area contributed by atoms with Crippen LogP contribution < -0.4 is 4.74 Å². The molecule has 1 fully saturated rings. The SMILES string of the molecule is Cc1ccc(OC2CCCN(C(=O)Cn3ccc4ccccc43)C2)nn1. The molecule has 3 heterocycles. The van der Waals surface area contributed by atoms with Crippen molar-refractivity contribution in [1.29, 1.82) is 0 Å².